The number of rotatable bonds is 5. The van der Waals surface area contributed by atoms with Gasteiger partial charge in [0, 0.05) is 32.0 Å². The summed E-state index contributed by atoms with van der Waals surface area (Å²) in [4.78, 5) is 17.1. The average molecular weight is 390 g/mol. The van der Waals surface area contributed by atoms with Crippen LogP contribution in [-0.4, -0.2) is 41.7 Å². The van der Waals surface area contributed by atoms with E-state index in [1.54, 1.807) is 6.20 Å². The zero-order chi connectivity index (χ0) is 15.4. The molecule has 8 heteroatoms. The van der Waals surface area contributed by atoms with Crippen LogP contribution in [0.5, 0.6) is 0 Å². The van der Waals surface area contributed by atoms with Crippen molar-refractivity contribution in [2.75, 3.05) is 19.6 Å². The Hall–Kier alpha value is -1.18. The first kappa shape index (κ1) is 20.9. The third kappa shape index (κ3) is 5.43. The number of carbonyl (C=O) groups is 1. The quantitative estimate of drug-likeness (QED) is 0.729. The topological polar surface area (TPSA) is 74.2 Å². The fourth-order valence-electron chi connectivity index (χ4n) is 2.51. The predicted octanol–water partition coefficient (Wildman–Crippen LogP) is 1.89. The molecule has 0 spiro atoms. The summed E-state index contributed by atoms with van der Waals surface area (Å²) in [7, 11) is 0. The lowest BCUT2D eigenvalue weighted by Crippen LogP contribution is -2.34. The van der Waals surface area contributed by atoms with Crippen molar-refractivity contribution in [1.29, 1.82) is 0 Å². The van der Waals surface area contributed by atoms with Crippen LogP contribution in [0.25, 0.3) is 0 Å². The first-order chi connectivity index (χ1) is 10.7. The van der Waals surface area contributed by atoms with Crippen molar-refractivity contribution in [2.45, 2.75) is 12.5 Å². The van der Waals surface area contributed by atoms with Crippen molar-refractivity contribution >= 4 is 42.1 Å². The molecule has 0 saturated carbocycles. The van der Waals surface area contributed by atoms with Crippen LogP contribution in [0.15, 0.2) is 36.5 Å². The fraction of sp³-hybridized carbons (Fsp3) is 0.375. The Balaban J connectivity index is 0.00000144. The fourth-order valence-corrected chi connectivity index (χ4v) is 3.37. The van der Waals surface area contributed by atoms with E-state index in [2.05, 4.69) is 27.8 Å². The maximum absolute atomic E-state index is 12.1. The molecule has 1 aromatic carbocycles. The second-order valence-corrected chi connectivity index (χ2v) is 6.59. The normalized spacial score (nSPS) is 19.2. The number of carbonyl (C=O) groups excluding carboxylic acids is 1. The van der Waals surface area contributed by atoms with Gasteiger partial charge in [0.25, 0.3) is 5.91 Å². The molecule has 1 amide bonds. The van der Waals surface area contributed by atoms with E-state index in [9.17, 15) is 9.90 Å². The molecule has 2 aromatic rings. The van der Waals surface area contributed by atoms with Gasteiger partial charge in [-0.25, -0.2) is 4.98 Å². The Morgan fingerprint density at radius 1 is 1.29 bits per heavy atom. The second kappa shape index (κ2) is 9.96. The van der Waals surface area contributed by atoms with Crippen LogP contribution in [0, 0.1) is 5.92 Å². The molecule has 132 valence electrons. The van der Waals surface area contributed by atoms with Gasteiger partial charge in [-0.05, 0) is 5.56 Å². The Bertz CT molecular complexity index is 639. The monoisotopic (exact) mass is 389 g/mol. The van der Waals surface area contributed by atoms with Crippen molar-refractivity contribution in [1.82, 2.24) is 15.6 Å². The SMILES string of the molecule is Cl.Cl.O=C(NCC1CNCC1O)c1cnc(Cc2ccccc2)s1. The lowest BCUT2D eigenvalue weighted by atomic mass is 10.1. The highest BCUT2D eigenvalue weighted by atomic mass is 35.5. The van der Waals surface area contributed by atoms with Gasteiger partial charge in [-0.2, -0.15) is 0 Å². The maximum atomic E-state index is 12.1. The Labute approximate surface area is 157 Å². The number of β-amino-alcohol motifs (C(OH)–C–C–N with tert-alkyl or cyclic N) is 1. The minimum Gasteiger partial charge on any atom is -0.391 e. The molecule has 1 aliphatic heterocycles. The van der Waals surface area contributed by atoms with E-state index < -0.39 is 0 Å². The molecule has 24 heavy (non-hydrogen) atoms. The van der Waals surface area contributed by atoms with Crippen LogP contribution in [0.4, 0.5) is 0 Å². The third-order valence-corrected chi connectivity index (χ3v) is 4.80. The van der Waals surface area contributed by atoms with Crippen molar-refractivity contribution in [3.05, 3.63) is 52.0 Å². The summed E-state index contributed by atoms with van der Waals surface area (Å²) in [5.74, 6) is -0.0310. The van der Waals surface area contributed by atoms with Crippen molar-refractivity contribution < 1.29 is 9.90 Å². The average Bonchev–Trinajstić information content (AvgIpc) is 3.15. The molecule has 3 rings (SSSR count). The summed E-state index contributed by atoms with van der Waals surface area (Å²) < 4.78 is 0. The van der Waals surface area contributed by atoms with E-state index in [1.807, 2.05) is 18.2 Å². The minimum atomic E-state index is -0.379. The smallest absolute Gasteiger partial charge is 0.263 e. The molecule has 3 N–H and O–H groups in total. The Kier molecular flexibility index (Phi) is 8.66. The maximum Gasteiger partial charge on any atom is 0.263 e. The van der Waals surface area contributed by atoms with Gasteiger partial charge in [-0.3, -0.25) is 4.79 Å². The number of halogens is 2. The van der Waals surface area contributed by atoms with Crippen LogP contribution >= 0.6 is 36.2 Å². The van der Waals surface area contributed by atoms with E-state index >= 15 is 0 Å². The van der Waals surface area contributed by atoms with Gasteiger partial charge >= 0.3 is 0 Å². The number of amides is 1. The summed E-state index contributed by atoms with van der Waals surface area (Å²) in [5.41, 5.74) is 1.18. The van der Waals surface area contributed by atoms with E-state index in [-0.39, 0.29) is 42.7 Å². The molecule has 0 aliphatic carbocycles. The summed E-state index contributed by atoms with van der Waals surface area (Å²) in [6.07, 6.45) is 1.99. The Morgan fingerprint density at radius 3 is 2.71 bits per heavy atom. The summed E-state index contributed by atoms with van der Waals surface area (Å²) in [6, 6.07) is 10.1. The highest BCUT2D eigenvalue weighted by molar-refractivity contribution is 7.13. The zero-order valence-corrected chi connectivity index (χ0v) is 15.4. The molecule has 1 aliphatic rings. The molecular weight excluding hydrogens is 369 g/mol. The summed E-state index contributed by atoms with van der Waals surface area (Å²) in [5, 5.41) is 16.6. The van der Waals surface area contributed by atoms with Crippen molar-refractivity contribution in [2.24, 2.45) is 5.92 Å². The van der Waals surface area contributed by atoms with Gasteiger partial charge in [0.2, 0.25) is 0 Å². The Morgan fingerprint density at radius 2 is 2.04 bits per heavy atom. The lowest BCUT2D eigenvalue weighted by Gasteiger charge is -2.13. The predicted molar refractivity (Wildman–Crippen MR) is 101 cm³/mol. The van der Waals surface area contributed by atoms with E-state index in [1.165, 1.54) is 16.9 Å². The van der Waals surface area contributed by atoms with Crippen molar-refractivity contribution in [3.8, 4) is 0 Å². The largest absolute Gasteiger partial charge is 0.391 e. The van der Waals surface area contributed by atoms with Gasteiger partial charge in [0.05, 0.1) is 17.3 Å². The molecule has 0 bridgehead atoms. The number of thiazole rings is 1. The molecule has 2 atom stereocenters. The number of hydrogen-bond donors (Lipinski definition) is 3. The van der Waals surface area contributed by atoms with Gasteiger partial charge in [0.1, 0.15) is 4.88 Å². The highest BCUT2D eigenvalue weighted by Crippen LogP contribution is 2.17. The number of benzene rings is 1. The third-order valence-electron chi connectivity index (χ3n) is 3.80. The molecular formula is C16H21Cl2N3O2S. The van der Waals surface area contributed by atoms with Crippen LogP contribution < -0.4 is 10.6 Å². The van der Waals surface area contributed by atoms with Crippen LogP contribution in [0.1, 0.15) is 20.2 Å². The second-order valence-electron chi connectivity index (χ2n) is 5.48. The molecule has 5 nitrogen and oxygen atoms in total. The number of nitrogens with zero attached hydrogens (tertiary/aromatic N) is 1. The van der Waals surface area contributed by atoms with Crippen LogP contribution in [0.2, 0.25) is 0 Å². The zero-order valence-electron chi connectivity index (χ0n) is 13.0. The van der Waals surface area contributed by atoms with E-state index in [0.29, 0.717) is 18.0 Å². The highest BCUT2D eigenvalue weighted by Gasteiger charge is 2.25. The minimum absolute atomic E-state index is 0. The number of aliphatic hydroxyl groups excluding tert-OH is 1. The first-order valence-electron chi connectivity index (χ1n) is 7.38. The van der Waals surface area contributed by atoms with Crippen LogP contribution in [0.3, 0.4) is 0 Å². The molecule has 1 aromatic heterocycles. The number of nitrogens with one attached hydrogen (secondary N) is 2. The van der Waals surface area contributed by atoms with E-state index in [0.717, 1.165) is 18.0 Å². The molecule has 1 fully saturated rings. The summed E-state index contributed by atoms with van der Waals surface area (Å²) >= 11 is 1.42. The number of aromatic nitrogens is 1. The lowest BCUT2D eigenvalue weighted by molar-refractivity contribution is 0.0931. The van der Waals surface area contributed by atoms with Gasteiger partial charge in [-0.1, -0.05) is 30.3 Å². The molecule has 1 saturated heterocycles. The van der Waals surface area contributed by atoms with Crippen LogP contribution in [-0.2, 0) is 6.42 Å². The number of hydrogen-bond acceptors (Lipinski definition) is 5. The molecule has 2 unspecified atom stereocenters. The molecule has 2 heterocycles. The van der Waals surface area contributed by atoms with Gasteiger partial charge < -0.3 is 15.7 Å². The van der Waals surface area contributed by atoms with E-state index in [4.69, 9.17) is 0 Å². The summed E-state index contributed by atoms with van der Waals surface area (Å²) in [6.45, 7) is 1.82. The standard InChI is InChI=1S/C16H19N3O2S.2ClH/c20-13-9-17-7-12(13)8-19-16(21)14-10-18-15(22-14)6-11-4-2-1-3-5-11;;/h1-5,10,12-13,17,20H,6-9H2,(H,19,21);2*1H. The first-order valence-corrected chi connectivity index (χ1v) is 8.19. The number of aliphatic hydroxyl groups is 1. The molecule has 0 radical (unpaired) electrons. The van der Waals surface area contributed by atoms with Crippen molar-refractivity contribution in [3.63, 3.8) is 0 Å². The van der Waals surface area contributed by atoms with Gasteiger partial charge in [-0.15, -0.1) is 36.2 Å². The van der Waals surface area contributed by atoms with Gasteiger partial charge in [0.15, 0.2) is 0 Å².